The van der Waals surface area contributed by atoms with Gasteiger partial charge < -0.3 is 14.6 Å². The molecular weight excluding hydrogens is 509 g/mol. The van der Waals surface area contributed by atoms with Gasteiger partial charge in [0.05, 0.1) is 11.1 Å². The van der Waals surface area contributed by atoms with Crippen LogP contribution in [0.15, 0.2) is 89.0 Å². The first-order valence-electron chi connectivity index (χ1n) is 10.9. The molecule has 3 aromatic carbocycles. The largest absolute Gasteiger partial charge is 0.573 e. The number of benzene rings is 3. The Bertz CT molecular complexity index is 1550. The Hall–Kier alpha value is -4.32. The maximum absolute atomic E-state index is 12.6. The number of alkyl halides is 3. The van der Waals surface area contributed by atoms with Crippen LogP contribution in [0.5, 0.6) is 5.75 Å². The van der Waals surface area contributed by atoms with E-state index in [1.165, 1.54) is 30.5 Å². The van der Waals surface area contributed by atoms with E-state index in [-0.39, 0.29) is 11.4 Å². The van der Waals surface area contributed by atoms with Crippen LogP contribution in [-0.4, -0.2) is 31.5 Å². The zero-order valence-corrected chi connectivity index (χ0v) is 20.2. The van der Waals surface area contributed by atoms with Gasteiger partial charge in [0.15, 0.2) is 0 Å². The summed E-state index contributed by atoms with van der Waals surface area (Å²) < 4.78 is 67.3. The van der Waals surface area contributed by atoms with Gasteiger partial charge in [-0.1, -0.05) is 35.9 Å². The van der Waals surface area contributed by atoms with E-state index in [2.05, 4.69) is 20.0 Å². The number of sulfonamides is 1. The number of carbonyl (C=O) groups excluding carboxylic acids is 1. The van der Waals surface area contributed by atoms with Crippen LogP contribution in [0.4, 0.5) is 18.9 Å². The van der Waals surface area contributed by atoms with Crippen molar-refractivity contribution >= 4 is 38.7 Å². The highest BCUT2D eigenvalue weighted by molar-refractivity contribution is 7.89. The lowest BCUT2D eigenvalue weighted by molar-refractivity contribution is -0.274. The molecule has 4 aromatic rings. The minimum atomic E-state index is -4.80. The van der Waals surface area contributed by atoms with Crippen molar-refractivity contribution in [2.45, 2.75) is 24.7 Å². The molecule has 0 saturated heterocycles. The van der Waals surface area contributed by atoms with E-state index < -0.39 is 28.0 Å². The number of amides is 1. The second-order valence-corrected chi connectivity index (χ2v) is 9.68. The van der Waals surface area contributed by atoms with Crippen molar-refractivity contribution in [1.29, 1.82) is 0 Å². The molecular formula is C25H21F3N4O4S. The Balaban J connectivity index is 1.47. The van der Waals surface area contributed by atoms with Crippen molar-refractivity contribution in [1.82, 2.24) is 9.40 Å². The Morgan fingerprint density at radius 3 is 2.38 bits per heavy atom. The van der Waals surface area contributed by atoms with Crippen LogP contribution in [-0.2, 0) is 21.4 Å². The van der Waals surface area contributed by atoms with E-state index in [0.29, 0.717) is 16.8 Å². The number of fused-ring (bicyclic) bond motifs is 1. The maximum Gasteiger partial charge on any atom is 0.573 e. The van der Waals surface area contributed by atoms with Crippen LogP contribution in [0, 0.1) is 6.92 Å². The van der Waals surface area contributed by atoms with Gasteiger partial charge in [-0.05, 0) is 49.4 Å². The van der Waals surface area contributed by atoms with Crippen molar-refractivity contribution in [3.63, 3.8) is 0 Å². The molecule has 0 unspecified atom stereocenters. The summed E-state index contributed by atoms with van der Waals surface area (Å²) in [5.41, 5.74) is 2.49. The molecule has 0 saturated carbocycles. The van der Waals surface area contributed by atoms with Crippen LogP contribution >= 0.6 is 0 Å². The first-order chi connectivity index (χ1) is 17.5. The molecule has 1 amide bonds. The second-order valence-electron chi connectivity index (χ2n) is 8.02. The minimum absolute atomic E-state index is 0.0763. The maximum atomic E-state index is 12.6. The number of carbonyl (C=O) groups is 1. The molecule has 0 fully saturated rings. The number of ether oxygens (including phenoxy) is 1. The number of aryl methyl sites for hydroxylation is 1. The number of hydrogen-bond acceptors (Lipinski definition) is 5. The predicted octanol–water partition coefficient (Wildman–Crippen LogP) is 4.80. The van der Waals surface area contributed by atoms with Crippen molar-refractivity contribution in [3.8, 4) is 5.75 Å². The highest BCUT2D eigenvalue weighted by Gasteiger charge is 2.31. The molecule has 0 aliphatic rings. The monoisotopic (exact) mass is 530 g/mol. The average molecular weight is 531 g/mol. The van der Waals surface area contributed by atoms with Gasteiger partial charge in [-0.15, -0.1) is 13.2 Å². The SMILES string of the molecule is Cc1ccc(S(=O)(=O)N/N=C\c2cn(CC(=O)Nc3ccc(OC(F)(F)F)cc3)c3ccccc23)cc1. The lowest BCUT2D eigenvalue weighted by Crippen LogP contribution is -2.19. The van der Waals surface area contributed by atoms with E-state index in [1.54, 1.807) is 47.2 Å². The number of para-hydroxylation sites is 1. The number of nitrogens with zero attached hydrogens (tertiary/aromatic N) is 2. The summed E-state index contributed by atoms with van der Waals surface area (Å²) in [5.74, 6) is -0.822. The van der Waals surface area contributed by atoms with Crippen molar-refractivity contribution in [3.05, 3.63) is 90.1 Å². The Morgan fingerprint density at radius 2 is 1.70 bits per heavy atom. The third kappa shape index (κ3) is 6.67. The molecule has 12 heteroatoms. The number of rotatable bonds is 8. The third-order valence-electron chi connectivity index (χ3n) is 5.21. The lowest BCUT2D eigenvalue weighted by atomic mass is 10.2. The number of hydrazone groups is 1. The van der Waals surface area contributed by atoms with Gasteiger partial charge in [-0.2, -0.15) is 13.5 Å². The number of anilines is 1. The number of hydrogen-bond donors (Lipinski definition) is 2. The molecule has 0 aliphatic heterocycles. The lowest BCUT2D eigenvalue weighted by Gasteiger charge is -2.10. The van der Waals surface area contributed by atoms with Gasteiger partial charge in [-0.25, -0.2) is 4.83 Å². The summed E-state index contributed by atoms with van der Waals surface area (Å²) in [4.78, 5) is 14.9. The van der Waals surface area contributed by atoms with Gasteiger partial charge in [0.1, 0.15) is 12.3 Å². The predicted molar refractivity (Wildman–Crippen MR) is 133 cm³/mol. The molecule has 8 nitrogen and oxygen atoms in total. The van der Waals surface area contributed by atoms with Crippen LogP contribution in [0.2, 0.25) is 0 Å². The smallest absolute Gasteiger partial charge is 0.406 e. The van der Waals surface area contributed by atoms with Crippen molar-refractivity contribution in [2.75, 3.05) is 5.32 Å². The van der Waals surface area contributed by atoms with Crippen LogP contribution in [0.25, 0.3) is 10.9 Å². The normalized spacial score (nSPS) is 12.1. The fourth-order valence-electron chi connectivity index (χ4n) is 3.54. The Labute approximate surface area is 210 Å². The Kier molecular flexibility index (Phi) is 7.21. The van der Waals surface area contributed by atoms with Gasteiger partial charge >= 0.3 is 6.36 Å². The zero-order valence-electron chi connectivity index (χ0n) is 19.4. The molecule has 1 aromatic heterocycles. The molecule has 192 valence electrons. The topological polar surface area (TPSA) is 102 Å². The first-order valence-corrected chi connectivity index (χ1v) is 12.3. The van der Waals surface area contributed by atoms with E-state index >= 15 is 0 Å². The summed E-state index contributed by atoms with van der Waals surface area (Å²) in [6.07, 6.45) is -1.81. The van der Waals surface area contributed by atoms with Gasteiger partial charge in [0.2, 0.25) is 5.91 Å². The number of aromatic nitrogens is 1. The van der Waals surface area contributed by atoms with Gasteiger partial charge in [-0.3, -0.25) is 4.79 Å². The summed E-state index contributed by atoms with van der Waals surface area (Å²) in [5, 5.41) is 7.24. The van der Waals surface area contributed by atoms with E-state index in [1.807, 2.05) is 6.92 Å². The van der Waals surface area contributed by atoms with Crippen molar-refractivity contribution in [2.24, 2.45) is 5.10 Å². The average Bonchev–Trinajstić information content (AvgIpc) is 3.17. The van der Waals surface area contributed by atoms with Gasteiger partial charge in [0.25, 0.3) is 10.0 Å². The molecule has 37 heavy (non-hydrogen) atoms. The Morgan fingerprint density at radius 1 is 1.03 bits per heavy atom. The molecule has 0 radical (unpaired) electrons. The first kappa shape index (κ1) is 25.8. The molecule has 0 atom stereocenters. The molecule has 1 heterocycles. The van der Waals surface area contributed by atoms with E-state index in [9.17, 15) is 26.4 Å². The highest BCUT2D eigenvalue weighted by atomic mass is 32.2. The van der Waals surface area contributed by atoms with Gasteiger partial charge in [0, 0.05) is 28.4 Å². The molecule has 0 aliphatic carbocycles. The minimum Gasteiger partial charge on any atom is -0.406 e. The molecule has 4 rings (SSSR count). The summed E-state index contributed by atoms with van der Waals surface area (Å²) in [6, 6.07) is 18.3. The van der Waals surface area contributed by atoms with Crippen LogP contribution in [0.1, 0.15) is 11.1 Å². The molecule has 0 spiro atoms. The fraction of sp³-hybridized carbons (Fsp3) is 0.120. The number of nitrogens with one attached hydrogen (secondary N) is 2. The number of halogens is 3. The second kappa shape index (κ2) is 10.3. The van der Waals surface area contributed by atoms with Crippen LogP contribution in [0.3, 0.4) is 0 Å². The highest BCUT2D eigenvalue weighted by Crippen LogP contribution is 2.24. The fourth-order valence-corrected chi connectivity index (χ4v) is 4.33. The summed E-state index contributed by atoms with van der Waals surface area (Å²) in [6.45, 7) is 1.74. The summed E-state index contributed by atoms with van der Waals surface area (Å²) >= 11 is 0. The van der Waals surface area contributed by atoms with Crippen molar-refractivity contribution < 1.29 is 31.1 Å². The van der Waals surface area contributed by atoms with E-state index in [0.717, 1.165) is 23.1 Å². The van der Waals surface area contributed by atoms with Crippen LogP contribution < -0.4 is 14.9 Å². The molecule has 2 N–H and O–H groups in total. The quantitative estimate of drug-likeness (QED) is 0.252. The standard InChI is InChI=1S/C25H21F3N4O4S/c1-17-6-12-21(13-7-17)37(34,35)31-29-14-18-15-32(23-5-3-2-4-22(18)23)16-24(33)30-19-8-10-20(11-9-19)36-25(26,27)28/h2-15,31H,16H2,1H3,(H,30,33)/b29-14-. The third-order valence-corrected chi connectivity index (χ3v) is 6.45. The molecule has 0 bridgehead atoms. The van der Waals surface area contributed by atoms with E-state index in [4.69, 9.17) is 0 Å². The zero-order chi connectivity index (χ0) is 26.6. The summed E-state index contributed by atoms with van der Waals surface area (Å²) in [7, 11) is -3.85.